The topological polar surface area (TPSA) is 9.23 Å². The van der Waals surface area contributed by atoms with E-state index in [2.05, 4.69) is 13.0 Å². The summed E-state index contributed by atoms with van der Waals surface area (Å²) in [5.41, 5.74) is 0. The number of hydrogen-bond donors (Lipinski definition) is 0. The van der Waals surface area contributed by atoms with Gasteiger partial charge in [0, 0.05) is 0 Å². The summed E-state index contributed by atoms with van der Waals surface area (Å²) in [7, 11) is 0. The molecule has 1 nitrogen and oxygen atoms in total. The highest BCUT2D eigenvalue weighted by Crippen LogP contribution is 2.14. The monoisotopic (exact) mass is 373 g/mol. The van der Waals surface area contributed by atoms with Gasteiger partial charge >= 0.3 is 0 Å². The number of unbranched alkanes of at least 4 members (excludes halogenated alkanes) is 17. The van der Waals surface area contributed by atoms with Gasteiger partial charge in [-0.25, -0.2) is 0 Å². The third kappa shape index (κ3) is 16.9. The van der Waals surface area contributed by atoms with Crippen LogP contribution in [0.3, 0.4) is 0 Å². The maximum Gasteiger partial charge on any atom is 0.119 e. The maximum absolute atomic E-state index is 5.71. The van der Waals surface area contributed by atoms with Gasteiger partial charge in [0.25, 0.3) is 0 Å². The van der Waals surface area contributed by atoms with Crippen molar-refractivity contribution in [1.29, 1.82) is 0 Å². The van der Waals surface area contributed by atoms with Gasteiger partial charge in [-0.1, -0.05) is 128 Å². The van der Waals surface area contributed by atoms with Gasteiger partial charge in [0.15, 0.2) is 0 Å². The molecule has 0 amide bonds. The van der Waals surface area contributed by atoms with Gasteiger partial charge in [-0.2, -0.15) is 0 Å². The fourth-order valence-electron chi connectivity index (χ4n) is 3.66. The van der Waals surface area contributed by atoms with E-state index in [1.165, 1.54) is 116 Å². The van der Waals surface area contributed by atoms with Crippen LogP contribution in [0.1, 0.15) is 122 Å². The van der Waals surface area contributed by atoms with E-state index in [1.54, 1.807) is 0 Å². The molecule has 1 aromatic rings. The first-order chi connectivity index (χ1) is 13.4. The first-order valence-corrected chi connectivity index (χ1v) is 12.0. The first-order valence-electron chi connectivity index (χ1n) is 12.0. The molecule has 0 spiro atoms. The minimum absolute atomic E-state index is 0.850. The molecule has 0 bridgehead atoms. The van der Waals surface area contributed by atoms with Gasteiger partial charge in [0.2, 0.25) is 0 Å². The zero-order chi connectivity index (χ0) is 19.3. The van der Waals surface area contributed by atoms with E-state index in [1.807, 2.05) is 24.3 Å². The molecule has 27 heavy (non-hydrogen) atoms. The SMILES string of the molecule is CCCCCCCCCCCCCCCCCCCCOc1cc[c]cc1. The van der Waals surface area contributed by atoms with Gasteiger partial charge in [0.05, 0.1) is 6.61 Å². The lowest BCUT2D eigenvalue weighted by Crippen LogP contribution is -1.96. The molecule has 1 heteroatoms. The molecule has 0 aliphatic rings. The second kappa shape index (κ2) is 19.8. The summed E-state index contributed by atoms with van der Waals surface area (Å²) in [6.07, 6.45) is 25.5. The zero-order valence-electron chi connectivity index (χ0n) is 18.2. The second-order valence-electron chi connectivity index (χ2n) is 8.09. The molecule has 1 rings (SSSR count). The summed E-state index contributed by atoms with van der Waals surface area (Å²) < 4.78 is 5.71. The van der Waals surface area contributed by atoms with Crippen LogP contribution in [0.4, 0.5) is 0 Å². The van der Waals surface area contributed by atoms with Gasteiger partial charge in [-0.3, -0.25) is 0 Å². The van der Waals surface area contributed by atoms with Crippen LogP contribution < -0.4 is 4.74 Å². The lowest BCUT2D eigenvalue weighted by molar-refractivity contribution is 0.304. The molecule has 0 aliphatic heterocycles. The summed E-state index contributed by atoms with van der Waals surface area (Å²) >= 11 is 0. The highest BCUT2D eigenvalue weighted by molar-refractivity contribution is 5.20. The van der Waals surface area contributed by atoms with Crippen molar-refractivity contribution < 1.29 is 4.74 Å². The van der Waals surface area contributed by atoms with Crippen molar-refractivity contribution in [3.05, 3.63) is 30.3 Å². The largest absolute Gasteiger partial charge is 0.494 e. The predicted molar refractivity (Wildman–Crippen MR) is 120 cm³/mol. The second-order valence-corrected chi connectivity index (χ2v) is 8.09. The van der Waals surface area contributed by atoms with Crippen molar-refractivity contribution >= 4 is 0 Å². The van der Waals surface area contributed by atoms with Crippen molar-refractivity contribution in [2.75, 3.05) is 6.61 Å². The third-order valence-corrected chi connectivity index (χ3v) is 5.45. The Labute approximate surface area is 170 Å². The van der Waals surface area contributed by atoms with E-state index in [0.717, 1.165) is 12.4 Å². The van der Waals surface area contributed by atoms with E-state index in [-0.39, 0.29) is 0 Å². The summed E-state index contributed by atoms with van der Waals surface area (Å²) in [6.45, 7) is 3.14. The Morgan fingerprint density at radius 3 is 1.33 bits per heavy atom. The van der Waals surface area contributed by atoms with Crippen molar-refractivity contribution in [2.45, 2.75) is 122 Å². The summed E-state index contributed by atoms with van der Waals surface area (Å²) in [4.78, 5) is 0. The van der Waals surface area contributed by atoms with Crippen LogP contribution in [-0.4, -0.2) is 6.61 Å². The lowest BCUT2D eigenvalue weighted by Gasteiger charge is -2.06. The van der Waals surface area contributed by atoms with Crippen LogP contribution in [0, 0.1) is 6.07 Å². The number of benzene rings is 1. The van der Waals surface area contributed by atoms with Crippen LogP contribution in [0.25, 0.3) is 0 Å². The molecule has 0 N–H and O–H groups in total. The van der Waals surface area contributed by atoms with Crippen LogP contribution in [0.2, 0.25) is 0 Å². The van der Waals surface area contributed by atoms with Crippen LogP contribution >= 0.6 is 0 Å². The van der Waals surface area contributed by atoms with Gasteiger partial charge in [-0.05, 0) is 24.6 Å². The Morgan fingerprint density at radius 1 is 0.556 bits per heavy atom. The van der Waals surface area contributed by atoms with Gasteiger partial charge in [0.1, 0.15) is 5.75 Å². The van der Waals surface area contributed by atoms with Crippen LogP contribution in [0.15, 0.2) is 24.3 Å². The fourth-order valence-corrected chi connectivity index (χ4v) is 3.66. The molecule has 0 fully saturated rings. The number of hydrogen-bond acceptors (Lipinski definition) is 1. The molecule has 0 unspecified atom stereocenters. The molecule has 1 aromatic carbocycles. The average Bonchev–Trinajstić information content (AvgIpc) is 2.70. The Kier molecular flexibility index (Phi) is 17.6. The molecule has 155 valence electrons. The van der Waals surface area contributed by atoms with Gasteiger partial charge < -0.3 is 4.74 Å². The molecule has 1 radical (unpaired) electrons. The highest BCUT2D eigenvalue weighted by atomic mass is 16.5. The van der Waals surface area contributed by atoms with Crippen molar-refractivity contribution in [3.63, 3.8) is 0 Å². The van der Waals surface area contributed by atoms with Crippen molar-refractivity contribution in [1.82, 2.24) is 0 Å². The molecular formula is C26H45O. The minimum atomic E-state index is 0.850. The highest BCUT2D eigenvalue weighted by Gasteiger charge is 1.96. The van der Waals surface area contributed by atoms with Crippen molar-refractivity contribution in [3.8, 4) is 5.75 Å². The summed E-state index contributed by atoms with van der Waals surface area (Å²) in [5.74, 6) is 0.973. The molecular weight excluding hydrogens is 328 g/mol. The molecule has 0 atom stereocenters. The Hall–Kier alpha value is -0.980. The summed E-state index contributed by atoms with van der Waals surface area (Å²) in [6, 6.07) is 10.8. The summed E-state index contributed by atoms with van der Waals surface area (Å²) in [5, 5.41) is 0. The van der Waals surface area contributed by atoms with Crippen molar-refractivity contribution in [2.24, 2.45) is 0 Å². The number of ether oxygens (including phenoxy) is 1. The fraction of sp³-hybridized carbons (Fsp3) is 0.769. The first kappa shape index (κ1) is 24.1. The molecule has 0 aromatic heterocycles. The number of rotatable bonds is 20. The van der Waals surface area contributed by atoms with Gasteiger partial charge in [-0.15, -0.1) is 0 Å². The van der Waals surface area contributed by atoms with Crippen LogP contribution in [-0.2, 0) is 0 Å². The lowest BCUT2D eigenvalue weighted by atomic mass is 10.0. The quantitative estimate of drug-likeness (QED) is 0.207. The Bertz CT molecular complexity index is 386. The average molecular weight is 374 g/mol. The smallest absolute Gasteiger partial charge is 0.119 e. The van der Waals surface area contributed by atoms with E-state index in [4.69, 9.17) is 4.74 Å². The van der Waals surface area contributed by atoms with E-state index in [9.17, 15) is 0 Å². The van der Waals surface area contributed by atoms with E-state index < -0.39 is 0 Å². The minimum Gasteiger partial charge on any atom is -0.494 e. The van der Waals surface area contributed by atoms with E-state index in [0.29, 0.717) is 0 Å². The third-order valence-electron chi connectivity index (χ3n) is 5.45. The Balaban J connectivity index is 1.67. The normalized spacial score (nSPS) is 11.0. The standard InChI is InChI=1S/C26H45O/c1-2-3-4-5-6-7-8-9-10-11-12-13-14-15-16-17-18-22-25-27-26-23-20-19-21-24-26/h20-21,23-24H,2-18,22,25H2,1H3. The molecule has 0 saturated carbocycles. The van der Waals surface area contributed by atoms with E-state index >= 15 is 0 Å². The molecule has 0 heterocycles. The molecule has 0 aliphatic carbocycles. The zero-order valence-corrected chi connectivity index (χ0v) is 18.2. The predicted octanol–water partition coefficient (Wildman–Crippen LogP) is 8.91. The molecule has 0 saturated heterocycles. The Morgan fingerprint density at radius 2 is 0.926 bits per heavy atom. The maximum atomic E-state index is 5.71. The van der Waals surface area contributed by atoms with Crippen LogP contribution in [0.5, 0.6) is 5.75 Å².